The molecule has 0 fully saturated rings. The molecule has 0 aromatic heterocycles. The van der Waals surface area contributed by atoms with Crippen molar-refractivity contribution >= 4 is 10.8 Å². The Kier molecular flexibility index (Phi) is 2.41. The summed E-state index contributed by atoms with van der Waals surface area (Å²) in [5, 5.41) is 2.50. The highest BCUT2D eigenvalue weighted by atomic mass is 14.1. The van der Waals surface area contributed by atoms with Crippen LogP contribution in [0.2, 0.25) is 0 Å². The van der Waals surface area contributed by atoms with E-state index in [0.29, 0.717) is 0 Å². The Hall–Kier alpha value is -2.08. The highest BCUT2D eigenvalue weighted by Crippen LogP contribution is 2.30. The molecule has 0 bridgehead atoms. The molecular formula is C17H13. The molecule has 0 heterocycles. The first-order valence-corrected chi connectivity index (χ1v) is 5.75. The standard InChI is InChI=1S/C17H13/c1-13-11-12-16(14-7-3-2-4-8-14)17-10-6-5-9-15(13)17/h2-12H,1H2. The normalized spacial score (nSPS) is 10.6. The van der Waals surface area contributed by atoms with Gasteiger partial charge in [-0.05, 0) is 34.4 Å². The highest BCUT2D eigenvalue weighted by molar-refractivity contribution is 5.98. The zero-order valence-electron chi connectivity index (χ0n) is 9.56. The minimum Gasteiger partial charge on any atom is -0.0622 e. The van der Waals surface area contributed by atoms with Gasteiger partial charge in [-0.1, -0.05) is 66.7 Å². The van der Waals surface area contributed by atoms with Crippen molar-refractivity contribution in [3.8, 4) is 11.1 Å². The third-order valence-corrected chi connectivity index (χ3v) is 3.10. The first kappa shape index (κ1) is 10.1. The van der Waals surface area contributed by atoms with Gasteiger partial charge in [0.05, 0.1) is 0 Å². The van der Waals surface area contributed by atoms with E-state index in [1.54, 1.807) is 0 Å². The summed E-state index contributed by atoms with van der Waals surface area (Å²) < 4.78 is 0. The number of fused-ring (bicyclic) bond motifs is 1. The topological polar surface area (TPSA) is 0 Å². The van der Waals surface area contributed by atoms with Crippen LogP contribution in [0.25, 0.3) is 21.9 Å². The molecular weight excluding hydrogens is 204 g/mol. The van der Waals surface area contributed by atoms with Gasteiger partial charge in [-0.2, -0.15) is 0 Å². The summed E-state index contributed by atoms with van der Waals surface area (Å²) in [6.45, 7) is 4.08. The molecule has 0 amide bonds. The summed E-state index contributed by atoms with van der Waals surface area (Å²) in [6, 6.07) is 23.1. The van der Waals surface area contributed by atoms with Crippen LogP contribution in [0.15, 0.2) is 66.7 Å². The van der Waals surface area contributed by atoms with E-state index in [9.17, 15) is 0 Å². The van der Waals surface area contributed by atoms with Crippen LogP contribution >= 0.6 is 0 Å². The molecule has 0 aliphatic heterocycles. The lowest BCUT2D eigenvalue weighted by molar-refractivity contribution is 1.62. The van der Waals surface area contributed by atoms with E-state index in [0.717, 1.165) is 5.56 Å². The summed E-state index contributed by atoms with van der Waals surface area (Å²) in [7, 11) is 0. The predicted octanol–water partition coefficient (Wildman–Crippen LogP) is 4.69. The molecule has 0 heteroatoms. The predicted molar refractivity (Wildman–Crippen MR) is 73.8 cm³/mol. The zero-order chi connectivity index (χ0) is 11.7. The van der Waals surface area contributed by atoms with Gasteiger partial charge >= 0.3 is 0 Å². The van der Waals surface area contributed by atoms with E-state index in [1.165, 1.54) is 21.9 Å². The Balaban J connectivity index is 2.35. The highest BCUT2D eigenvalue weighted by Gasteiger charge is 2.04. The maximum absolute atomic E-state index is 4.08. The van der Waals surface area contributed by atoms with Crippen molar-refractivity contribution in [2.24, 2.45) is 0 Å². The van der Waals surface area contributed by atoms with E-state index >= 15 is 0 Å². The molecule has 0 N–H and O–H groups in total. The fourth-order valence-electron chi connectivity index (χ4n) is 2.23. The third-order valence-electron chi connectivity index (χ3n) is 3.10. The maximum atomic E-state index is 4.08. The maximum Gasteiger partial charge on any atom is -0.0103 e. The second kappa shape index (κ2) is 4.06. The monoisotopic (exact) mass is 217 g/mol. The molecule has 0 unspecified atom stereocenters. The van der Waals surface area contributed by atoms with Gasteiger partial charge < -0.3 is 0 Å². The van der Waals surface area contributed by atoms with E-state index in [-0.39, 0.29) is 0 Å². The first-order chi connectivity index (χ1) is 8.36. The molecule has 17 heavy (non-hydrogen) atoms. The molecule has 0 aliphatic carbocycles. The summed E-state index contributed by atoms with van der Waals surface area (Å²) in [4.78, 5) is 0. The number of hydrogen-bond donors (Lipinski definition) is 0. The number of hydrogen-bond acceptors (Lipinski definition) is 0. The molecule has 3 aromatic carbocycles. The largest absolute Gasteiger partial charge is 0.0622 e. The van der Waals surface area contributed by atoms with Crippen LogP contribution in [0.3, 0.4) is 0 Å². The van der Waals surface area contributed by atoms with Crippen molar-refractivity contribution in [1.82, 2.24) is 0 Å². The Bertz CT molecular complexity index is 651. The van der Waals surface area contributed by atoms with Gasteiger partial charge in [0.15, 0.2) is 0 Å². The van der Waals surface area contributed by atoms with Gasteiger partial charge in [0.1, 0.15) is 0 Å². The average Bonchev–Trinajstić information content (AvgIpc) is 2.41. The van der Waals surface area contributed by atoms with Crippen LogP contribution in [0.5, 0.6) is 0 Å². The van der Waals surface area contributed by atoms with Crippen molar-refractivity contribution in [1.29, 1.82) is 0 Å². The summed E-state index contributed by atoms with van der Waals surface area (Å²) in [5.74, 6) is 0. The second-order valence-electron chi connectivity index (χ2n) is 4.18. The quantitative estimate of drug-likeness (QED) is 0.554. The lowest BCUT2D eigenvalue weighted by atomic mass is 9.96. The van der Waals surface area contributed by atoms with Gasteiger partial charge in [0.25, 0.3) is 0 Å². The Morgan fingerprint density at radius 3 is 2.00 bits per heavy atom. The van der Waals surface area contributed by atoms with Crippen LogP contribution in [0.1, 0.15) is 5.56 Å². The van der Waals surface area contributed by atoms with Gasteiger partial charge in [-0.25, -0.2) is 0 Å². The van der Waals surface area contributed by atoms with Crippen LogP contribution in [-0.4, -0.2) is 0 Å². The molecule has 3 rings (SSSR count). The van der Waals surface area contributed by atoms with E-state index < -0.39 is 0 Å². The Morgan fingerprint density at radius 1 is 0.588 bits per heavy atom. The fourth-order valence-corrected chi connectivity index (χ4v) is 2.23. The molecule has 0 saturated carbocycles. The van der Waals surface area contributed by atoms with Crippen LogP contribution in [0, 0.1) is 6.92 Å². The number of benzene rings is 3. The van der Waals surface area contributed by atoms with E-state index in [4.69, 9.17) is 0 Å². The van der Waals surface area contributed by atoms with Gasteiger partial charge in [0, 0.05) is 0 Å². The van der Waals surface area contributed by atoms with Gasteiger partial charge in [-0.3, -0.25) is 0 Å². The second-order valence-corrected chi connectivity index (χ2v) is 4.18. The van der Waals surface area contributed by atoms with Crippen molar-refractivity contribution in [3.05, 3.63) is 79.2 Å². The van der Waals surface area contributed by atoms with E-state index in [1.807, 2.05) is 6.07 Å². The molecule has 0 spiro atoms. The third kappa shape index (κ3) is 1.72. The Morgan fingerprint density at radius 2 is 1.24 bits per heavy atom. The fraction of sp³-hybridized carbons (Fsp3) is 0. The lowest BCUT2D eigenvalue weighted by Crippen LogP contribution is -1.83. The van der Waals surface area contributed by atoms with Crippen molar-refractivity contribution in [2.45, 2.75) is 0 Å². The van der Waals surface area contributed by atoms with Gasteiger partial charge in [0.2, 0.25) is 0 Å². The average molecular weight is 217 g/mol. The minimum absolute atomic E-state index is 1.08. The minimum atomic E-state index is 1.08. The van der Waals surface area contributed by atoms with Crippen molar-refractivity contribution in [3.63, 3.8) is 0 Å². The lowest BCUT2D eigenvalue weighted by Gasteiger charge is -2.08. The van der Waals surface area contributed by atoms with Crippen molar-refractivity contribution in [2.75, 3.05) is 0 Å². The molecule has 0 atom stereocenters. The van der Waals surface area contributed by atoms with Crippen molar-refractivity contribution < 1.29 is 0 Å². The smallest absolute Gasteiger partial charge is 0.0103 e. The number of rotatable bonds is 1. The van der Waals surface area contributed by atoms with E-state index in [2.05, 4.69) is 67.6 Å². The molecule has 0 aliphatic rings. The van der Waals surface area contributed by atoms with Gasteiger partial charge in [-0.15, -0.1) is 0 Å². The summed E-state index contributed by atoms with van der Waals surface area (Å²) in [5.41, 5.74) is 3.61. The zero-order valence-corrected chi connectivity index (χ0v) is 9.56. The van der Waals surface area contributed by atoms with Crippen LogP contribution < -0.4 is 0 Å². The molecule has 81 valence electrons. The molecule has 0 nitrogen and oxygen atoms in total. The first-order valence-electron chi connectivity index (χ1n) is 5.75. The Labute approximate surface area is 102 Å². The summed E-state index contributed by atoms with van der Waals surface area (Å²) >= 11 is 0. The molecule has 1 radical (unpaired) electrons. The van der Waals surface area contributed by atoms with Crippen LogP contribution in [0.4, 0.5) is 0 Å². The SMILES string of the molecule is [CH2]c1ccc(-c2ccccc2)c2ccccc12. The molecule has 3 aromatic rings. The summed E-state index contributed by atoms with van der Waals surface area (Å²) in [6.07, 6.45) is 0. The molecule has 0 saturated heterocycles. The van der Waals surface area contributed by atoms with Crippen LogP contribution in [-0.2, 0) is 0 Å².